The van der Waals surface area contributed by atoms with Gasteiger partial charge in [0.05, 0.1) is 11.5 Å². The number of H-pyrrole nitrogens is 1. The number of tetrazole rings is 1. The molecule has 234 valence electrons. The molecule has 0 spiro atoms. The van der Waals surface area contributed by atoms with E-state index in [1.807, 2.05) is 51.1 Å². The first kappa shape index (κ1) is 30.5. The minimum absolute atomic E-state index is 0.124. The average molecular weight is 608 g/mol. The van der Waals surface area contributed by atoms with Crippen LogP contribution in [0.15, 0.2) is 48.7 Å². The fourth-order valence-electron chi connectivity index (χ4n) is 7.58. The number of nitriles is 1. The molecule has 6 rings (SSSR count). The molecule has 5 atom stereocenters. The van der Waals surface area contributed by atoms with E-state index in [4.69, 9.17) is 5.73 Å². The largest absolute Gasteiger partial charge is 0.366 e. The van der Waals surface area contributed by atoms with Crippen molar-refractivity contribution in [3.8, 4) is 6.07 Å². The van der Waals surface area contributed by atoms with Gasteiger partial charge in [-0.1, -0.05) is 30.8 Å². The van der Waals surface area contributed by atoms with Gasteiger partial charge in [-0.05, 0) is 111 Å². The van der Waals surface area contributed by atoms with E-state index in [0.717, 1.165) is 34.4 Å². The molecule has 5 N–H and O–H groups in total. The van der Waals surface area contributed by atoms with Gasteiger partial charge in [-0.15, -0.1) is 10.2 Å². The van der Waals surface area contributed by atoms with Gasteiger partial charge < -0.3 is 21.3 Å². The van der Waals surface area contributed by atoms with Crippen molar-refractivity contribution in [3.05, 3.63) is 87.9 Å². The third kappa shape index (κ3) is 5.48. The number of fused-ring (bicyclic) bond motifs is 3. The molecule has 2 unspecified atom stereocenters. The van der Waals surface area contributed by atoms with Crippen LogP contribution in [0.25, 0.3) is 0 Å². The highest BCUT2D eigenvalue weighted by molar-refractivity contribution is 5.95. The Morgan fingerprint density at radius 1 is 1.16 bits per heavy atom. The van der Waals surface area contributed by atoms with Gasteiger partial charge in [0.2, 0.25) is 5.91 Å². The Balaban J connectivity index is 1.36. The summed E-state index contributed by atoms with van der Waals surface area (Å²) in [5, 5.41) is 32.0. The van der Waals surface area contributed by atoms with Crippen LogP contribution in [-0.2, 0) is 18.3 Å². The van der Waals surface area contributed by atoms with Gasteiger partial charge in [-0.3, -0.25) is 9.59 Å². The second-order valence-electron chi connectivity index (χ2n) is 13.7. The van der Waals surface area contributed by atoms with E-state index in [2.05, 4.69) is 55.7 Å². The molecule has 11 nitrogen and oxygen atoms in total. The van der Waals surface area contributed by atoms with E-state index < -0.39 is 11.3 Å². The molecule has 3 aromatic rings. The Kier molecular flexibility index (Phi) is 7.73. The van der Waals surface area contributed by atoms with Crippen molar-refractivity contribution >= 4 is 11.8 Å². The van der Waals surface area contributed by atoms with E-state index >= 15 is 0 Å². The molecule has 2 aliphatic carbocycles. The molecular formula is C34H41N9O2. The monoisotopic (exact) mass is 607 g/mol. The van der Waals surface area contributed by atoms with Crippen LogP contribution in [0.1, 0.15) is 89.3 Å². The van der Waals surface area contributed by atoms with E-state index in [9.17, 15) is 14.9 Å². The van der Waals surface area contributed by atoms with Crippen LogP contribution < -0.4 is 16.4 Å². The number of benzene rings is 2. The zero-order valence-electron chi connectivity index (χ0n) is 26.4. The fourth-order valence-corrected chi connectivity index (χ4v) is 7.58. The summed E-state index contributed by atoms with van der Waals surface area (Å²) in [7, 11) is 0. The Morgan fingerprint density at radius 2 is 1.82 bits per heavy atom. The van der Waals surface area contributed by atoms with Crippen molar-refractivity contribution in [1.82, 2.24) is 36.2 Å². The highest BCUT2D eigenvalue weighted by atomic mass is 16.2. The molecule has 45 heavy (non-hydrogen) atoms. The zero-order chi connectivity index (χ0) is 32.1. The highest BCUT2D eigenvalue weighted by Crippen LogP contribution is 2.54. The molecule has 0 bridgehead atoms. The SMILES string of the molecule is C=C(CNCCC1(c2nn[nH]n2)c2ccc(C(N)=O)cc2CCc2cc(C(=O)NC(C)(C)C)ccc21)N1C(C#N)C[C@@H]2[C@H](C)[C@@H]21. The molecule has 2 aromatic carbocycles. The van der Waals surface area contributed by atoms with Crippen molar-refractivity contribution in [3.63, 3.8) is 0 Å². The van der Waals surface area contributed by atoms with Gasteiger partial charge in [-0.25, -0.2) is 0 Å². The standard InChI is InChI=1S/C34H41N9O2/c1-19(43-25(17-35)16-26-20(2)29(26)43)18-37-13-12-34(32-39-41-42-40-32)27-10-8-23(30(36)44)14-21(27)6-7-22-15-24(9-11-28(22)34)31(45)38-33(3,4)5/h8-11,14-15,20,25-26,29,37H,1,6-7,12-13,16,18H2,2-5H3,(H2,36,44)(H,38,45)(H,39,40,41,42)/t20-,25?,26+,29-,34?/m0/s1. The number of nitrogens with two attached hydrogens (primary N) is 1. The molecule has 11 heteroatoms. The topological polar surface area (TPSA) is 166 Å². The molecule has 1 aromatic heterocycles. The molecule has 1 aliphatic heterocycles. The lowest BCUT2D eigenvalue weighted by Gasteiger charge is -2.34. The summed E-state index contributed by atoms with van der Waals surface area (Å²) in [6.45, 7) is 13.6. The fraction of sp³-hybridized carbons (Fsp3) is 0.471. The molecule has 2 fully saturated rings. The average Bonchev–Trinajstić information content (AvgIpc) is 3.36. The van der Waals surface area contributed by atoms with Crippen LogP contribution in [0, 0.1) is 23.2 Å². The summed E-state index contributed by atoms with van der Waals surface area (Å²) in [6.07, 6.45) is 2.76. The number of aryl methyl sites for hydroxylation is 2. The zero-order valence-corrected chi connectivity index (χ0v) is 26.4. The number of rotatable bonds is 9. The second kappa shape index (κ2) is 11.4. The highest BCUT2D eigenvalue weighted by Gasteiger charge is 2.58. The molecular weight excluding hydrogens is 566 g/mol. The lowest BCUT2D eigenvalue weighted by atomic mass is 9.69. The number of carbonyl (C=O) groups excluding carboxylic acids is 2. The number of aromatic amines is 1. The summed E-state index contributed by atoms with van der Waals surface area (Å²) in [5.74, 6) is 1.04. The number of hydrogen-bond acceptors (Lipinski definition) is 8. The summed E-state index contributed by atoms with van der Waals surface area (Å²) in [6, 6.07) is 14.1. The smallest absolute Gasteiger partial charge is 0.251 e. The summed E-state index contributed by atoms with van der Waals surface area (Å²) in [5.41, 5.74) is 10.3. The first-order chi connectivity index (χ1) is 21.4. The van der Waals surface area contributed by atoms with Crippen molar-refractivity contribution in [2.75, 3.05) is 13.1 Å². The first-order valence-electron chi connectivity index (χ1n) is 15.6. The number of aromatic nitrogens is 4. The first-order valence-corrected chi connectivity index (χ1v) is 15.6. The second-order valence-corrected chi connectivity index (χ2v) is 13.7. The maximum atomic E-state index is 13.2. The number of likely N-dealkylation sites (tertiary alicyclic amines) is 1. The van der Waals surface area contributed by atoms with Crippen LogP contribution in [0.4, 0.5) is 0 Å². The van der Waals surface area contributed by atoms with Crippen LogP contribution in [-0.4, -0.2) is 68.1 Å². The van der Waals surface area contributed by atoms with E-state index in [1.54, 1.807) is 6.07 Å². The van der Waals surface area contributed by atoms with Crippen molar-refractivity contribution in [1.29, 1.82) is 5.26 Å². The van der Waals surface area contributed by atoms with E-state index in [0.29, 0.717) is 67.2 Å². The third-order valence-corrected chi connectivity index (χ3v) is 9.74. The number of carbonyl (C=O) groups is 2. The maximum Gasteiger partial charge on any atom is 0.251 e. The Bertz CT molecular complexity index is 1690. The van der Waals surface area contributed by atoms with Crippen molar-refractivity contribution < 1.29 is 9.59 Å². The van der Waals surface area contributed by atoms with Gasteiger partial charge in [0.1, 0.15) is 6.04 Å². The van der Waals surface area contributed by atoms with Crippen LogP contribution in [0.2, 0.25) is 0 Å². The third-order valence-electron chi connectivity index (χ3n) is 9.74. The predicted molar refractivity (Wildman–Crippen MR) is 169 cm³/mol. The minimum atomic E-state index is -0.837. The number of piperidine rings is 1. The quantitative estimate of drug-likeness (QED) is 0.270. The number of amides is 2. The molecule has 0 radical (unpaired) electrons. The summed E-state index contributed by atoms with van der Waals surface area (Å²) in [4.78, 5) is 27.6. The van der Waals surface area contributed by atoms with Gasteiger partial charge in [0.15, 0.2) is 5.82 Å². The number of nitrogens with one attached hydrogen (secondary N) is 3. The molecule has 2 amide bonds. The lowest BCUT2D eigenvalue weighted by molar-refractivity contribution is 0.0918. The Labute approximate surface area is 263 Å². The van der Waals surface area contributed by atoms with Crippen molar-refractivity contribution in [2.45, 2.75) is 76.4 Å². The molecule has 1 saturated heterocycles. The van der Waals surface area contributed by atoms with Crippen LogP contribution in [0.5, 0.6) is 0 Å². The van der Waals surface area contributed by atoms with E-state index in [1.165, 1.54) is 0 Å². The van der Waals surface area contributed by atoms with E-state index in [-0.39, 0.29) is 17.5 Å². The normalized spacial score (nSPS) is 24.9. The summed E-state index contributed by atoms with van der Waals surface area (Å²) >= 11 is 0. The number of hydrogen-bond donors (Lipinski definition) is 4. The van der Waals surface area contributed by atoms with Crippen LogP contribution >= 0.6 is 0 Å². The molecule has 1 saturated carbocycles. The molecule has 2 heterocycles. The van der Waals surface area contributed by atoms with Gasteiger partial charge in [0, 0.05) is 34.9 Å². The molecule has 3 aliphatic rings. The maximum absolute atomic E-state index is 13.2. The number of nitrogens with zero attached hydrogens (tertiary/aromatic N) is 5. The number of primary amides is 1. The Morgan fingerprint density at radius 3 is 2.42 bits per heavy atom. The van der Waals surface area contributed by atoms with Gasteiger partial charge >= 0.3 is 0 Å². The van der Waals surface area contributed by atoms with Crippen molar-refractivity contribution in [2.24, 2.45) is 17.6 Å². The van der Waals surface area contributed by atoms with Gasteiger partial charge in [-0.2, -0.15) is 10.5 Å². The lowest BCUT2D eigenvalue weighted by Crippen LogP contribution is -2.41. The Hall–Kier alpha value is -4.56. The minimum Gasteiger partial charge on any atom is -0.366 e. The van der Waals surface area contributed by atoms with Gasteiger partial charge in [0.25, 0.3) is 5.91 Å². The summed E-state index contributed by atoms with van der Waals surface area (Å²) < 4.78 is 0. The predicted octanol–water partition coefficient (Wildman–Crippen LogP) is 2.99. The van der Waals surface area contributed by atoms with Crippen LogP contribution in [0.3, 0.4) is 0 Å².